The number of nitrogen functional groups attached to an aromatic ring is 1. The van der Waals surface area contributed by atoms with Gasteiger partial charge in [0.25, 0.3) is 0 Å². The average molecular weight is 371 g/mol. The normalized spacial score (nSPS) is 28.3. The molecule has 130 valence electrons. The number of hydrogen-bond donors (Lipinski definition) is 3. The van der Waals surface area contributed by atoms with Crippen molar-refractivity contribution in [2.24, 2.45) is 0 Å². The molecule has 3 unspecified atom stereocenters. The van der Waals surface area contributed by atoms with Gasteiger partial charge in [0.05, 0.1) is 4.90 Å². The standard InChI is InChI=1S/C14H17N3O5S2/c1-14(2)10(13(19)20)17-11(18)9(12(17)23-14)16-24(21,22)8-5-3-7(15)4-6-8/h3-6,9-10,12,16H,15H2,1-2H3,(H,19,20). The second-order valence-corrected chi connectivity index (χ2v) is 9.75. The largest absolute Gasteiger partial charge is 0.480 e. The molecule has 10 heteroatoms. The van der Waals surface area contributed by atoms with Crippen LogP contribution in [0.5, 0.6) is 0 Å². The number of β-lactam (4-membered cyclic amide) rings is 1. The maximum absolute atomic E-state index is 12.4. The molecule has 24 heavy (non-hydrogen) atoms. The number of anilines is 1. The number of benzene rings is 1. The number of hydrogen-bond acceptors (Lipinski definition) is 6. The maximum atomic E-state index is 12.4. The summed E-state index contributed by atoms with van der Waals surface area (Å²) in [6.45, 7) is 3.46. The first kappa shape index (κ1) is 17.1. The Morgan fingerprint density at radius 2 is 1.92 bits per heavy atom. The lowest BCUT2D eigenvalue weighted by molar-refractivity contribution is -0.159. The summed E-state index contributed by atoms with van der Waals surface area (Å²) in [5, 5.41) is 8.82. The lowest BCUT2D eigenvalue weighted by atomic mass is 9.96. The van der Waals surface area contributed by atoms with Gasteiger partial charge >= 0.3 is 5.97 Å². The summed E-state index contributed by atoms with van der Waals surface area (Å²) in [6, 6.07) is 3.67. The number of carbonyl (C=O) groups excluding carboxylic acids is 1. The third kappa shape index (κ3) is 2.54. The molecule has 8 nitrogen and oxygen atoms in total. The lowest BCUT2D eigenvalue weighted by Gasteiger charge is -2.43. The highest BCUT2D eigenvalue weighted by molar-refractivity contribution is 8.01. The van der Waals surface area contributed by atoms with E-state index < -0.39 is 44.1 Å². The smallest absolute Gasteiger partial charge is 0.327 e. The molecule has 2 fully saturated rings. The van der Waals surface area contributed by atoms with Crippen LogP contribution in [0.25, 0.3) is 0 Å². The van der Waals surface area contributed by atoms with E-state index in [9.17, 15) is 23.1 Å². The Morgan fingerprint density at radius 3 is 2.46 bits per heavy atom. The van der Waals surface area contributed by atoms with Crippen molar-refractivity contribution < 1.29 is 23.1 Å². The van der Waals surface area contributed by atoms with E-state index in [0.29, 0.717) is 5.69 Å². The van der Waals surface area contributed by atoms with Gasteiger partial charge in [-0.2, -0.15) is 4.72 Å². The van der Waals surface area contributed by atoms with Gasteiger partial charge in [-0.25, -0.2) is 13.2 Å². The van der Waals surface area contributed by atoms with Gasteiger partial charge in [0, 0.05) is 10.4 Å². The molecule has 3 rings (SSSR count). The van der Waals surface area contributed by atoms with Crippen molar-refractivity contribution in [1.82, 2.24) is 9.62 Å². The number of thioether (sulfide) groups is 1. The number of aliphatic carboxylic acids is 1. The number of amides is 1. The summed E-state index contributed by atoms with van der Waals surface area (Å²) in [4.78, 5) is 25.0. The summed E-state index contributed by atoms with van der Waals surface area (Å²) in [5.41, 5.74) is 5.97. The van der Waals surface area contributed by atoms with E-state index in [0.717, 1.165) is 0 Å². The predicted octanol–water partition coefficient (Wildman–Crippen LogP) is 0.0626. The molecule has 0 bridgehead atoms. The molecule has 2 aliphatic heterocycles. The summed E-state index contributed by atoms with van der Waals surface area (Å²) in [5.74, 6) is -1.62. The maximum Gasteiger partial charge on any atom is 0.327 e. The Labute approximate surface area is 143 Å². The van der Waals surface area contributed by atoms with Gasteiger partial charge in [0.2, 0.25) is 15.9 Å². The van der Waals surface area contributed by atoms with E-state index in [-0.39, 0.29) is 4.90 Å². The predicted molar refractivity (Wildman–Crippen MR) is 88.7 cm³/mol. The van der Waals surface area contributed by atoms with Gasteiger partial charge in [0.1, 0.15) is 17.5 Å². The van der Waals surface area contributed by atoms with E-state index in [1.807, 2.05) is 0 Å². The van der Waals surface area contributed by atoms with E-state index in [4.69, 9.17) is 5.73 Å². The van der Waals surface area contributed by atoms with Crippen LogP contribution in [0.3, 0.4) is 0 Å². The van der Waals surface area contributed by atoms with Crippen LogP contribution in [0.15, 0.2) is 29.2 Å². The van der Waals surface area contributed by atoms with Crippen LogP contribution in [0.4, 0.5) is 5.69 Å². The molecule has 1 aromatic carbocycles. The zero-order valence-electron chi connectivity index (χ0n) is 13.0. The molecule has 0 spiro atoms. The van der Waals surface area contributed by atoms with Crippen LogP contribution in [0.2, 0.25) is 0 Å². The van der Waals surface area contributed by atoms with Crippen molar-refractivity contribution in [3.8, 4) is 0 Å². The SMILES string of the molecule is CC1(C)SC2C(NS(=O)(=O)c3ccc(N)cc3)C(=O)N2C1C(=O)O. The van der Waals surface area contributed by atoms with Crippen molar-refractivity contribution >= 4 is 39.3 Å². The van der Waals surface area contributed by atoms with Crippen molar-refractivity contribution in [1.29, 1.82) is 0 Å². The Hall–Kier alpha value is -1.78. The molecule has 2 aliphatic rings. The van der Waals surface area contributed by atoms with Crippen LogP contribution in [0.1, 0.15) is 13.8 Å². The zero-order chi connectivity index (χ0) is 17.9. The van der Waals surface area contributed by atoms with Gasteiger partial charge in [-0.15, -0.1) is 11.8 Å². The van der Waals surface area contributed by atoms with E-state index in [1.165, 1.54) is 40.9 Å². The summed E-state index contributed by atoms with van der Waals surface area (Å²) in [6.07, 6.45) is 0. The summed E-state index contributed by atoms with van der Waals surface area (Å²) in [7, 11) is -3.90. The van der Waals surface area contributed by atoms with Gasteiger partial charge < -0.3 is 15.7 Å². The quantitative estimate of drug-likeness (QED) is 0.504. The summed E-state index contributed by atoms with van der Waals surface area (Å²) >= 11 is 1.28. The number of fused-ring (bicyclic) bond motifs is 1. The van der Waals surface area contributed by atoms with Crippen LogP contribution in [-0.2, 0) is 19.6 Å². The molecule has 3 atom stereocenters. The highest BCUT2D eigenvalue weighted by atomic mass is 32.2. The minimum Gasteiger partial charge on any atom is -0.480 e. The Kier molecular flexibility index (Phi) is 3.81. The number of nitrogens with zero attached hydrogens (tertiary/aromatic N) is 1. The highest BCUT2D eigenvalue weighted by Gasteiger charge is 2.64. The molecule has 4 N–H and O–H groups in total. The molecular formula is C14H17N3O5S2. The third-order valence-corrected chi connectivity index (χ3v) is 7.18. The van der Waals surface area contributed by atoms with Crippen LogP contribution < -0.4 is 10.5 Å². The zero-order valence-corrected chi connectivity index (χ0v) is 14.6. The fourth-order valence-corrected chi connectivity index (χ4v) is 5.91. The molecule has 2 heterocycles. The van der Waals surface area contributed by atoms with E-state index >= 15 is 0 Å². The van der Waals surface area contributed by atoms with E-state index in [2.05, 4.69) is 4.72 Å². The van der Waals surface area contributed by atoms with Crippen LogP contribution in [-0.4, -0.2) is 52.5 Å². The number of sulfonamides is 1. The second-order valence-electron chi connectivity index (χ2n) is 6.27. The number of carboxylic acids is 1. The lowest BCUT2D eigenvalue weighted by Crippen LogP contribution is -2.70. The van der Waals surface area contributed by atoms with Gasteiger partial charge in [-0.1, -0.05) is 0 Å². The van der Waals surface area contributed by atoms with Gasteiger partial charge in [0.15, 0.2) is 0 Å². The first-order valence-corrected chi connectivity index (χ1v) is 9.51. The Bertz CT molecular complexity index is 806. The number of nitrogens with one attached hydrogen (secondary N) is 1. The summed E-state index contributed by atoms with van der Waals surface area (Å²) < 4.78 is 26.5. The first-order valence-electron chi connectivity index (χ1n) is 7.15. The monoisotopic (exact) mass is 371 g/mol. The Morgan fingerprint density at radius 1 is 1.33 bits per heavy atom. The van der Waals surface area contributed by atoms with Gasteiger partial charge in [-0.3, -0.25) is 4.79 Å². The number of carboxylic acid groups (broad SMARTS) is 1. The number of nitrogens with two attached hydrogens (primary N) is 1. The van der Waals surface area contributed by atoms with E-state index in [1.54, 1.807) is 13.8 Å². The molecule has 0 radical (unpaired) electrons. The minimum atomic E-state index is -3.90. The fraction of sp³-hybridized carbons (Fsp3) is 0.429. The molecular weight excluding hydrogens is 354 g/mol. The average Bonchev–Trinajstić information content (AvgIpc) is 2.74. The van der Waals surface area contributed by atoms with Crippen molar-refractivity contribution in [2.45, 2.75) is 40.9 Å². The van der Waals surface area contributed by atoms with Crippen molar-refractivity contribution in [2.75, 3.05) is 5.73 Å². The second kappa shape index (κ2) is 5.36. The minimum absolute atomic E-state index is 0.00000766. The molecule has 2 saturated heterocycles. The molecule has 1 aromatic rings. The first-order chi connectivity index (χ1) is 11.0. The van der Waals surface area contributed by atoms with Crippen LogP contribution in [0, 0.1) is 0 Å². The number of carbonyl (C=O) groups is 2. The Balaban J connectivity index is 1.82. The number of rotatable bonds is 4. The molecule has 0 saturated carbocycles. The van der Waals surface area contributed by atoms with Gasteiger partial charge in [-0.05, 0) is 38.1 Å². The van der Waals surface area contributed by atoms with Crippen molar-refractivity contribution in [3.05, 3.63) is 24.3 Å². The topological polar surface area (TPSA) is 130 Å². The van der Waals surface area contributed by atoms with Crippen LogP contribution >= 0.6 is 11.8 Å². The van der Waals surface area contributed by atoms with Crippen molar-refractivity contribution in [3.63, 3.8) is 0 Å². The molecule has 1 amide bonds. The fourth-order valence-electron chi connectivity index (χ4n) is 3.00. The highest BCUT2D eigenvalue weighted by Crippen LogP contribution is 2.50. The molecule has 0 aromatic heterocycles. The third-order valence-electron chi connectivity index (χ3n) is 4.15. The molecule has 0 aliphatic carbocycles.